The number of nitrogens with zero attached hydrogens (tertiary/aromatic N) is 1. The molecule has 1 fully saturated rings. The first-order valence-corrected chi connectivity index (χ1v) is 8.24. The van der Waals surface area contributed by atoms with E-state index in [1.54, 1.807) is 0 Å². The average molecular weight is 361 g/mol. The molecule has 0 saturated heterocycles. The van der Waals surface area contributed by atoms with Gasteiger partial charge >= 0.3 is 5.97 Å². The number of alkyl halides is 2. The van der Waals surface area contributed by atoms with Gasteiger partial charge in [0.2, 0.25) is 0 Å². The van der Waals surface area contributed by atoms with Crippen molar-refractivity contribution in [2.24, 2.45) is 5.92 Å². The van der Waals surface area contributed by atoms with Crippen LogP contribution in [0.5, 0.6) is 0 Å². The van der Waals surface area contributed by atoms with Gasteiger partial charge in [-0.2, -0.15) is 0 Å². The number of rotatable bonds is 6. The fourth-order valence-corrected chi connectivity index (χ4v) is 3.09. The molecule has 26 heavy (non-hydrogen) atoms. The molecule has 5 nitrogen and oxygen atoms in total. The topological polar surface area (TPSA) is 69.4 Å². The van der Waals surface area contributed by atoms with Crippen molar-refractivity contribution in [1.82, 2.24) is 0 Å². The molecule has 0 amide bonds. The van der Waals surface area contributed by atoms with Gasteiger partial charge in [-0.1, -0.05) is 30.3 Å². The SMILES string of the molecule is O=C(O[C@H]1[C@@H](CCc2ccccc2)CC1(F)F)c1ccc([N+](=O)[O-])cc1. The number of carbonyl (C=O) groups excluding carboxylic acids is 1. The zero-order valence-electron chi connectivity index (χ0n) is 13.8. The Kier molecular flexibility index (Phi) is 4.97. The first-order valence-electron chi connectivity index (χ1n) is 8.24. The van der Waals surface area contributed by atoms with E-state index >= 15 is 0 Å². The van der Waals surface area contributed by atoms with Gasteiger partial charge in [0, 0.05) is 24.5 Å². The molecular formula is C19H17F2NO4. The van der Waals surface area contributed by atoms with E-state index in [0.29, 0.717) is 12.8 Å². The second-order valence-corrected chi connectivity index (χ2v) is 6.38. The summed E-state index contributed by atoms with van der Waals surface area (Å²) >= 11 is 0. The summed E-state index contributed by atoms with van der Waals surface area (Å²) in [5, 5.41) is 10.6. The van der Waals surface area contributed by atoms with Gasteiger partial charge in [0.05, 0.1) is 10.5 Å². The highest BCUT2D eigenvalue weighted by molar-refractivity contribution is 5.89. The first-order chi connectivity index (χ1) is 12.4. The Labute approximate surface area is 148 Å². The van der Waals surface area contributed by atoms with Gasteiger partial charge in [-0.05, 0) is 30.5 Å². The number of ether oxygens (including phenoxy) is 1. The number of nitro groups is 1. The minimum atomic E-state index is -3.04. The molecule has 0 spiro atoms. The fraction of sp³-hybridized carbons (Fsp3) is 0.316. The number of esters is 1. The van der Waals surface area contributed by atoms with E-state index in [9.17, 15) is 23.7 Å². The minimum Gasteiger partial charge on any atom is -0.452 e. The highest BCUT2D eigenvalue weighted by Crippen LogP contribution is 2.47. The van der Waals surface area contributed by atoms with Crippen molar-refractivity contribution < 1.29 is 23.2 Å². The lowest BCUT2D eigenvalue weighted by atomic mass is 9.74. The number of hydrogen-bond acceptors (Lipinski definition) is 4. The lowest BCUT2D eigenvalue weighted by Gasteiger charge is -2.43. The Morgan fingerprint density at radius 3 is 2.38 bits per heavy atom. The van der Waals surface area contributed by atoms with Crippen LogP contribution in [0.25, 0.3) is 0 Å². The fourth-order valence-electron chi connectivity index (χ4n) is 3.09. The number of non-ortho nitro benzene ring substituents is 1. The molecule has 0 aliphatic heterocycles. The summed E-state index contributed by atoms with van der Waals surface area (Å²) in [5.41, 5.74) is 0.875. The van der Waals surface area contributed by atoms with Crippen molar-refractivity contribution in [2.75, 3.05) is 0 Å². The summed E-state index contributed by atoms with van der Waals surface area (Å²) in [7, 11) is 0. The third kappa shape index (κ3) is 3.87. The molecule has 1 aliphatic rings. The normalized spacial score (nSPS) is 20.8. The van der Waals surface area contributed by atoms with Gasteiger partial charge in [0.1, 0.15) is 0 Å². The molecule has 0 N–H and O–H groups in total. The maximum atomic E-state index is 13.9. The van der Waals surface area contributed by atoms with Crippen LogP contribution in [0.4, 0.5) is 14.5 Å². The van der Waals surface area contributed by atoms with Crippen molar-refractivity contribution in [3.63, 3.8) is 0 Å². The number of benzene rings is 2. The summed E-state index contributed by atoms with van der Waals surface area (Å²) in [6.45, 7) is 0. The lowest BCUT2D eigenvalue weighted by Crippen LogP contribution is -2.54. The van der Waals surface area contributed by atoms with Crippen molar-refractivity contribution in [3.05, 3.63) is 75.8 Å². The van der Waals surface area contributed by atoms with E-state index in [4.69, 9.17) is 4.74 Å². The number of halogens is 2. The molecule has 0 heterocycles. The average Bonchev–Trinajstić information content (AvgIpc) is 2.64. The maximum Gasteiger partial charge on any atom is 0.338 e. The third-order valence-electron chi connectivity index (χ3n) is 4.57. The number of aryl methyl sites for hydroxylation is 1. The van der Waals surface area contributed by atoms with Gasteiger partial charge in [-0.15, -0.1) is 0 Å². The zero-order chi connectivity index (χ0) is 18.7. The highest BCUT2D eigenvalue weighted by atomic mass is 19.3. The Hall–Kier alpha value is -2.83. The Bertz CT molecular complexity index is 793. The standard InChI is InChI=1S/C19H17F2NO4/c20-19(21)12-15(7-6-13-4-2-1-3-5-13)17(19)26-18(23)14-8-10-16(11-9-14)22(24)25/h1-5,8-11,15,17H,6-7,12H2/t15-,17-/m0/s1. The van der Waals surface area contributed by atoms with Gasteiger partial charge in [-0.25, -0.2) is 13.6 Å². The summed E-state index contributed by atoms with van der Waals surface area (Å²) in [6, 6.07) is 14.2. The van der Waals surface area contributed by atoms with Crippen LogP contribution < -0.4 is 0 Å². The summed E-state index contributed by atoms with van der Waals surface area (Å²) in [4.78, 5) is 22.1. The van der Waals surface area contributed by atoms with Crippen molar-refractivity contribution in [3.8, 4) is 0 Å². The minimum absolute atomic E-state index is 0.0140. The lowest BCUT2D eigenvalue weighted by molar-refractivity contribution is -0.384. The maximum absolute atomic E-state index is 13.9. The first kappa shape index (κ1) is 18.0. The molecule has 1 aliphatic carbocycles. The molecule has 136 valence electrons. The van der Waals surface area contributed by atoms with Crippen LogP contribution in [0.1, 0.15) is 28.8 Å². The Morgan fingerprint density at radius 1 is 1.15 bits per heavy atom. The molecule has 2 aromatic rings. The van der Waals surface area contributed by atoms with E-state index in [1.807, 2.05) is 30.3 Å². The number of carbonyl (C=O) groups is 1. The molecule has 3 rings (SSSR count). The van der Waals surface area contributed by atoms with Crippen molar-refractivity contribution in [2.45, 2.75) is 31.3 Å². The molecule has 0 radical (unpaired) electrons. The van der Waals surface area contributed by atoms with Crippen molar-refractivity contribution >= 4 is 11.7 Å². The highest BCUT2D eigenvalue weighted by Gasteiger charge is 2.58. The van der Waals surface area contributed by atoms with Crippen molar-refractivity contribution in [1.29, 1.82) is 0 Å². The van der Waals surface area contributed by atoms with Crippen LogP contribution in [-0.2, 0) is 11.2 Å². The smallest absolute Gasteiger partial charge is 0.338 e. The monoisotopic (exact) mass is 361 g/mol. The predicted octanol–water partition coefficient (Wildman–Crippen LogP) is 4.41. The molecule has 0 bridgehead atoms. The summed E-state index contributed by atoms with van der Waals surface area (Å²) in [6.07, 6.45) is -0.642. The van der Waals surface area contributed by atoms with Crippen LogP contribution in [0.15, 0.2) is 54.6 Å². The zero-order valence-corrected chi connectivity index (χ0v) is 13.8. The van der Waals surface area contributed by atoms with E-state index in [0.717, 1.165) is 17.7 Å². The predicted molar refractivity (Wildman–Crippen MR) is 90.1 cm³/mol. The van der Waals surface area contributed by atoms with Gasteiger partial charge in [0.15, 0.2) is 6.10 Å². The second kappa shape index (κ2) is 7.19. The number of nitro benzene ring substituents is 1. The van der Waals surface area contributed by atoms with Gasteiger partial charge in [-0.3, -0.25) is 10.1 Å². The Balaban J connectivity index is 1.62. The molecule has 0 aromatic heterocycles. The Morgan fingerprint density at radius 2 is 1.81 bits per heavy atom. The molecule has 0 unspecified atom stereocenters. The van der Waals surface area contributed by atoms with Crippen LogP contribution >= 0.6 is 0 Å². The summed E-state index contributed by atoms with van der Waals surface area (Å²) in [5.74, 6) is -4.35. The quantitative estimate of drug-likeness (QED) is 0.434. The van der Waals surface area contributed by atoms with Crippen LogP contribution in [0.3, 0.4) is 0 Å². The van der Waals surface area contributed by atoms with E-state index in [1.165, 1.54) is 12.1 Å². The van der Waals surface area contributed by atoms with Crippen LogP contribution in [0.2, 0.25) is 0 Å². The molecule has 7 heteroatoms. The molecule has 2 aromatic carbocycles. The van der Waals surface area contributed by atoms with Crippen LogP contribution in [0, 0.1) is 16.0 Å². The van der Waals surface area contributed by atoms with E-state index in [2.05, 4.69) is 0 Å². The molecule has 2 atom stereocenters. The number of hydrogen-bond donors (Lipinski definition) is 0. The van der Waals surface area contributed by atoms with Gasteiger partial charge < -0.3 is 4.74 Å². The van der Waals surface area contributed by atoms with E-state index < -0.39 is 28.8 Å². The molecule has 1 saturated carbocycles. The summed E-state index contributed by atoms with van der Waals surface area (Å²) < 4.78 is 32.7. The van der Waals surface area contributed by atoms with E-state index in [-0.39, 0.29) is 17.7 Å². The van der Waals surface area contributed by atoms with Gasteiger partial charge in [0.25, 0.3) is 11.6 Å². The largest absolute Gasteiger partial charge is 0.452 e. The third-order valence-corrected chi connectivity index (χ3v) is 4.57. The van der Waals surface area contributed by atoms with Crippen LogP contribution in [-0.4, -0.2) is 22.9 Å². The second-order valence-electron chi connectivity index (χ2n) is 6.38. The molecular weight excluding hydrogens is 344 g/mol.